The number of thioether (sulfide) groups is 1. The maximum Gasteiger partial charge on any atom is 0.354 e. The van der Waals surface area contributed by atoms with E-state index in [1.807, 2.05) is 30.3 Å². The van der Waals surface area contributed by atoms with Crippen LogP contribution in [0, 0.1) is 0 Å². The molecule has 86 valence electrons. The van der Waals surface area contributed by atoms with Gasteiger partial charge < -0.3 is 5.11 Å². The zero-order valence-corrected chi connectivity index (χ0v) is 9.72. The first-order valence-electron chi connectivity index (χ1n) is 4.99. The summed E-state index contributed by atoms with van der Waals surface area (Å²) >= 11 is 1.58. The van der Waals surface area contributed by atoms with Crippen molar-refractivity contribution in [1.29, 1.82) is 0 Å². The quantitative estimate of drug-likeness (QED) is 0.839. The zero-order chi connectivity index (χ0) is 12.1. The molecule has 0 amide bonds. The third-order valence-electron chi connectivity index (χ3n) is 2.04. The van der Waals surface area contributed by atoms with Crippen LogP contribution < -0.4 is 0 Å². The van der Waals surface area contributed by atoms with Gasteiger partial charge in [0, 0.05) is 11.1 Å². The van der Waals surface area contributed by atoms with E-state index in [1.165, 1.54) is 12.3 Å². The maximum absolute atomic E-state index is 10.7. The van der Waals surface area contributed by atoms with Crippen molar-refractivity contribution in [3.63, 3.8) is 0 Å². The molecule has 2 aromatic rings. The molecule has 0 atom stereocenters. The van der Waals surface area contributed by atoms with Crippen molar-refractivity contribution < 1.29 is 9.90 Å². The van der Waals surface area contributed by atoms with Gasteiger partial charge in [-0.3, -0.25) is 0 Å². The number of aromatic carboxylic acids is 1. The summed E-state index contributed by atoms with van der Waals surface area (Å²) in [6, 6.07) is 11.2. The maximum atomic E-state index is 10.7. The molecule has 0 saturated carbocycles. The van der Waals surface area contributed by atoms with Crippen LogP contribution in [-0.2, 0) is 5.75 Å². The summed E-state index contributed by atoms with van der Waals surface area (Å²) in [6.07, 6.45) is 1.47. The largest absolute Gasteiger partial charge is 0.477 e. The van der Waals surface area contributed by atoms with E-state index in [-0.39, 0.29) is 5.69 Å². The number of hydrogen-bond donors (Lipinski definition) is 1. The summed E-state index contributed by atoms with van der Waals surface area (Å²) in [5.41, 5.74) is 0.0312. The minimum Gasteiger partial charge on any atom is -0.477 e. The Bertz CT molecular complexity index is 517. The zero-order valence-electron chi connectivity index (χ0n) is 8.91. The van der Waals surface area contributed by atoms with Gasteiger partial charge >= 0.3 is 5.97 Å². The van der Waals surface area contributed by atoms with E-state index in [2.05, 4.69) is 9.97 Å². The number of carbonyl (C=O) groups is 1. The topological polar surface area (TPSA) is 63.1 Å². The molecular formula is C12H10N2O2S. The summed E-state index contributed by atoms with van der Waals surface area (Å²) in [6.45, 7) is 0. The average molecular weight is 246 g/mol. The van der Waals surface area contributed by atoms with Crippen molar-refractivity contribution in [1.82, 2.24) is 9.97 Å². The SMILES string of the molecule is O=C(O)c1ccnc(CSc2ccccc2)n1. The van der Waals surface area contributed by atoms with E-state index in [9.17, 15) is 4.79 Å². The fourth-order valence-corrected chi connectivity index (χ4v) is 2.04. The van der Waals surface area contributed by atoms with Gasteiger partial charge in [0.2, 0.25) is 0 Å². The lowest BCUT2D eigenvalue weighted by atomic mass is 10.4. The van der Waals surface area contributed by atoms with Crippen LogP contribution in [0.15, 0.2) is 47.5 Å². The Hall–Kier alpha value is -1.88. The third kappa shape index (κ3) is 3.29. The Balaban J connectivity index is 2.04. The van der Waals surface area contributed by atoms with Gasteiger partial charge in [-0.2, -0.15) is 0 Å². The van der Waals surface area contributed by atoms with Gasteiger partial charge in [-0.15, -0.1) is 11.8 Å². The molecule has 17 heavy (non-hydrogen) atoms. The third-order valence-corrected chi connectivity index (χ3v) is 3.04. The monoisotopic (exact) mass is 246 g/mol. The first-order valence-corrected chi connectivity index (χ1v) is 5.97. The van der Waals surface area contributed by atoms with E-state index in [4.69, 9.17) is 5.11 Å². The lowest BCUT2D eigenvalue weighted by Gasteiger charge is -2.01. The van der Waals surface area contributed by atoms with Gasteiger partial charge in [0.1, 0.15) is 5.82 Å². The second kappa shape index (κ2) is 5.45. The number of aromatic nitrogens is 2. The molecule has 0 bridgehead atoms. The van der Waals surface area contributed by atoms with Crippen molar-refractivity contribution in [2.75, 3.05) is 0 Å². The average Bonchev–Trinajstić information content (AvgIpc) is 2.38. The summed E-state index contributed by atoms with van der Waals surface area (Å²) in [4.78, 5) is 19.8. The molecule has 0 saturated heterocycles. The minimum absolute atomic E-state index is 0.0312. The highest BCUT2D eigenvalue weighted by Crippen LogP contribution is 2.20. The van der Waals surface area contributed by atoms with Crippen molar-refractivity contribution in [3.8, 4) is 0 Å². The lowest BCUT2D eigenvalue weighted by molar-refractivity contribution is 0.0690. The molecule has 1 N–H and O–H groups in total. The minimum atomic E-state index is -1.03. The van der Waals surface area contributed by atoms with Gasteiger partial charge in [0.05, 0.1) is 5.75 Å². The number of rotatable bonds is 4. The predicted octanol–water partition coefficient (Wildman–Crippen LogP) is 2.47. The number of carboxylic acid groups (broad SMARTS) is 1. The van der Waals surface area contributed by atoms with Crippen LogP contribution in [0.1, 0.15) is 16.3 Å². The molecule has 0 aliphatic heterocycles. The summed E-state index contributed by atoms with van der Waals surface area (Å²) in [5, 5.41) is 8.80. The van der Waals surface area contributed by atoms with Crippen LogP contribution in [0.4, 0.5) is 0 Å². The molecule has 2 rings (SSSR count). The van der Waals surface area contributed by atoms with Gasteiger partial charge in [0.15, 0.2) is 5.69 Å². The van der Waals surface area contributed by atoms with Gasteiger partial charge in [-0.25, -0.2) is 14.8 Å². The molecule has 0 aliphatic carbocycles. The van der Waals surface area contributed by atoms with E-state index in [0.717, 1.165) is 4.90 Å². The molecule has 4 nitrogen and oxygen atoms in total. The molecular weight excluding hydrogens is 236 g/mol. The van der Waals surface area contributed by atoms with Crippen LogP contribution in [0.25, 0.3) is 0 Å². The fourth-order valence-electron chi connectivity index (χ4n) is 1.25. The summed E-state index contributed by atoms with van der Waals surface area (Å²) in [7, 11) is 0. The first kappa shape index (κ1) is 11.6. The van der Waals surface area contributed by atoms with E-state index in [0.29, 0.717) is 11.6 Å². The molecule has 0 spiro atoms. The first-order chi connectivity index (χ1) is 8.25. The Kier molecular flexibility index (Phi) is 3.72. The molecule has 0 fully saturated rings. The number of benzene rings is 1. The second-order valence-electron chi connectivity index (χ2n) is 3.26. The van der Waals surface area contributed by atoms with E-state index >= 15 is 0 Å². The molecule has 1 heterocycles. The summed E-state index contributed by atoms with van der Waals surface area (Å²) in [5.74, 6) is 0.0580. The van der Waals surface area contributed by atoms with Gasteiger partial charge in [-0.05, 0) is 18.2 Å². The smallest absolute Gasteiger partial charge is 0.354 e. The van der Waals surface area contributed by atoms with Crippen LogP contribution in [0.5, 0.6) is 0 Å². The van der Waals surface area contributed by atoms with Crippen LogP contribution in [-0.4, -0.2) is 21.0 Å². The summed E-state index contributed by atoms with van der Waals surface area (Å²) < 4.78 is 0. The van der Waals surface area contributed by atoms with Crippen molar-refractivity contribution in [3.05, 3.63) is 54.1 Å². The number of nitrogens with zero attached hydrogens (tertiary/aromatic N) is 2. The standard InChI is InChI=1S/C12H10N2O2S/c15-12(16)10-6-7-13-11(14-10)8-17-9-4-2-1-3-5-9/h1-7H,8H2,(H,15,16). The van der Waals surface area contributed by atoms with Crippen molar-refractivity contribution >= 4 is 17.7 Å². The highest BCUT2D eigenvalue weighted by Gasteiger charge is 2.06. The molecule has 0 aliphatic rings. The van der Waals surface area contributed by atoms with Crippen LogP contribution >= 0.6 is 11.8 Å². The number of hydrogen-bond acceptors (Lipinski definition) is 4. The predicted molar refractivity (Wildman–Crippen MR) is 65.0 cm³/mol. The molecule has 1 aromatic heterocycles. The normalized spacial score (nSPS) is 10.1. The van der Waals surface area contributed by atoms with E-state index < -0.39 is 5.97 Å². The number of carboxylic acids is 1. The molecule has 1 aromatic carbocycles. The Labute approximate surface area is 103 Å². The lowest BCUT2D eigenvalue weighted by Crippen LogP contribution is -2.03. The molecule has 5 heteroatoms. The second-order valence-corrected chi connectivity index (χ2v) is 4.31. The van der Waals surface area contributed by atoms with E-state index in [1.54, 1.807) is 11.8 Å². The highest BCUT2D eigenvalue weighted by molar-refractivity contribution is 7.98. The van der Waals surface area contributed by atoms with Gasteiger partial charge in [0.25, 0.3) is 0 Å². The molecule has 0 unspecified atom stereocenters. The van der Waals surface area contributed by atoms with Crippen LogP contribution in [0.3, 0.4) is 0 Å². The van der Waals surface area contributed by atoms with Crippen LogP contribution in [0.2, 0.25) is 0 Å². The van der Waals surface area contributed by atoms with Crippen molar-refractivity contribution in [2.45, 2.75) is 10.6 Å². The van der Waals surface area contributed by atoms with Gasteiger partial charge in [-0.1, -0.05) is 18.2 Å². The molecule has 0 radical (unpaired) electrons. The fraction of sp³-hybridized carbons (Fsp3) is 0.0833. The van der Waals surface area contributed by atoms with Crippen molar-refractivity contribution in [2.24, 2.45) is 0 Å². The Morgan fingerprint density at radius 1 is 1.24 bits per heavy atom. The Morgan fingerprint density at radius 3 is 2.71 bits per heavy atom. The Morgan fingerprint density at radius 2 is 2.00 bits per heavy atom. The highest BCUT2D eigenvalue weighted by atomic mass is 32.2.